The van der Waals surface area contributed by atoms with Gasteiger partial charge in [0, 0.05) is 7.05 Å². The standard InChI is InChI=1S/C25H36N2O5S/c1-9-23(32-20-12-10-19(11-13-20)27(6)33(8,29)30)25(28)26-18(5)22-15-21(16(2)3)24(31-7)14-17(22)4/h10-16,18,23H,9H2,1-8H3,(H,26,28)/t18-,23+/m0/s1. The molecule has 0 fully saturated rings. The molecule has 2 atom stereocenters. The van der Waals surface area contributed by atoms with Gasteiger partial charge in [-0.1, -0.05) is 20.8 Å². The van der Waals surface area contributed by atoms with E-state index in [-0.39, 0.29) is 11.9 Å². The fourth-order valence-electron chi connectivity index (χ4n) is 3.61. The van der Waals surface area contributed by atoms with E-state index in [1.807, 2.05) is 26.8 Å². The fraction of sp³-hybridized carbons (Fsp3) is 0.480. The van der Waals surface area contributed by atoms with Crippen molar-refractivity contribution >= 4 is 21.6 Å². The Bertz CT molecular complexity index is 1060. The molecule has 0 radical (unpaired) electrons. The Labute approximate surface area is 198 Å². The molecular weight excluding hydrogens is 440 g/mol. The van der Waals surface area contributed by atoms with Gasteiger partial charge >= 0.3 is 0 Å². The number of carbonyl (C=O) groups is 1. The average molecular weight is 477 g/mol. The Morgan fingerprint density at radius 3 is 2.18 bits per heavy atom. The molecule has 8 heteroatoms. The van der Waals surface area contributed by atoms with Crippen LogP contribution < -0.4 is 19.1 Å². The van der Waals surface area contributed by atoms with Crippen LogP contribution in [0.1, 0.15) is 62.8 Å². The molecular formula is C25H36N2O5S. The summed E-state index contributed by atoms with van der Waals surface area (Å²) in [6, 6.07) is 10.5. The number of hydrogen-bond donors (Lipinski definition) is 1. The maximum Gasteiger partial charge on any atom is 0.261 e. The van der Waals surface area contributed by atoms with Crippen molar-refractivity contribution in [3.8, 4) is 11.5 Å². The van der Waals surface area contributed by atoms with Gasteiger partial charge in [-0.15, -0.1) is 0 Å². The summed E-state index contributed by atoms with van der Waals surface area (Å²) in [5.74, 6) is 1.44. The van der Waals surface area contributed by atoms with Gasteiger partial charge in [-0.05, 0) is 79.3 Å². The maximum absolute atomic E-state index is 13.0. The van der Waals surface area contributed by atoms with Crippen LogP contribution in [0.15, 0.2) is 36.4 Å². The van der Waals surface area contributed by atoms with Crippen molar-refractivity contribution in [2.75, 3.05) is 24.7 Å². The largest absolute Gasteiger partial charge is 0.496 e. The lowest BCUT2D eigenvalue weighted by Crippen LogP contribution is -2.39. The molecule has 2 aromatic carbocycles. The van der Waals surface area contributed by atoms with Gasteiger partial charge in [0.2, 0.25) is 10.0 Å². The van der Waals surface area contributed by atoms with Gasteiger partial charge in [-0.3, -0.25) is 9.10 Å². The van der Waals surface area contributed by atoms with Gasteiger partial charge in [-0.2, -0.15) is 0 Å². The van der Waals surface area contributed by atoms with Crippen molar-refractivity contribution in [1.29, 1.82) is 0 Å². The molecule has 7 nitrogen and oxygen atoms in total. The summed E-state index contributed by atoms with van der Waals surface area (Å²) in [4.78, 5) is 13.0. The van der Waals surface area contributed by atoms with E-state index in [1.54, 1.807) is 31.4 Å². The molecule has 2 aromatic rings. The highest BCUT2D eigenvalue weighted by Gasteiger charge is 2.23. The van der Waals surface area contributed by atoms with Crippen LogP contribution in [0, 0.1) is 6.92 Å². The summed E-state index contributed by atoms with van der Waals surface area (Å²) in [5, 5.41) is 3.07. The molecule has 0 heterocycles. The van der Waals surface area contributed by atoms with Crippen molar-refractivity contribution in [2.45, 2.75) is 59.1 Å². The summed E-state index contributed by atoms with van der Waals surface area (Å²) in [7, 11) is -0.192. The van der Waals surface area contributed by atoms with Crippen LogP contribution in [0.25, 0.3) is 0 Å². The second kappa shape index (κ2) is 10.9. The minimum Gasteiger partial charge on any atom is -0.496 e. The normalized spacial score (nSPS) is 13.4. The number of amides is 1. The number of aryl methyl sites for hydroxylation is 1. The van der Waals surface area contributed by atoms with Gasteiger partial charge in [0.1, 0.15) is 11.5 Å². The van der Waals surface area contributed by atoms with Crippen LogP contribution in [0.3, 0.4) is 0 Å². The second-order valence-electron chi connectivity index (χ2n) is 8.57. The van der Waals surface area contributed by atoms with Crippen LogP contribution in [-0.4, -0.2) is 40.8 Å². The van der Waals surface area contributed by atoms with Crippen molar-refractivity contribution in [2.24, 2.45) is 0 Å². The van der Waals surface area contributed by atoms with E-state index in [4.69, 9.17) is 9.47 Å². The van der Waals surface area contributed by atoms with Gasteiger partial charge < -0.3 is 14.8 Å². The Morgan fingerprint density at radius 2 is 1.70 bits per heavy atom. The molecule has 182 valence electrons. The zero-order valence-electron chi connectivity index (χ0n) is 20.8. The van der Waals surface area contributed by atoms with Crippen molar-refractivity contribution in [3.63, 3.8) is 0 Å². The maximum atomic E-state index is 13.0. The highest BCUT2D eigenvalue weighted by molar-refractivity contribution is 7.92. The number of anilines is 1. The Balaban J connectivity index is 2.14. The van der Waals surface area contributed by atoms with Gasteiger partial charge in [0.25, 0.3) is 5.91 Å². The zero-order chi connectivity index (χ0) is 24.9. The molecule has 0 aromatic heterocycles. The number of nitrogens with zero attached hydrogens (tertiary/aromatic N) is 1. The van der Waals surface area contributed by atoms with E-state index < -0.39 is 16.1 Å². The lowest BCUT2D eigenvalue weighted by atomic mass is 9.93. The van der Waals surface area contributed by atoms with Crippen LogP contribution in [0.4, 0.5) is 5.69 Å². The molecule has 0 saturated carbocycles. The van der Waals surface area contributed by atoms with Crippen molar-refractivity contribution in [1.82, 2.24) is 5.32 Å². The molecule has 0 spiro atoms. The van der Waals surface area contributed by atoms with E-state index in [2.05, 4.69) is 25.2 Å². The van der Waals surface area contributed by atoms with Gasteiger partial charge in [-0.25, -0.2) is 8.42 Å². The number of sulfonamides is 1. The monoisotopic (exact) mass is 476 g/mol. The molecule has 2 rings (SSSR count). The summed E-state index contributed by atoms with van der Waals surface area (Å²) in [6.07, 6.45) is 0.960. The number of methoxy groups -OCH3 is 1. The Kier molecular flexibility index (Phi) is 8.77. The smallest absolute Gasteiger partial charge is 0.261 e. The topological polar surface area (TPSA) is 84.9 Å². The van der Waals surface area contributed by atoms with Gasteiger partial charge in [0.15, 0.2) is 6.10 Å². The SMILES string of the molecule is CC[C@@H](Oc1ccc(N(C)S(C)(=O)=O)cc1)C(=O)N[C@@H](C)c1cc(C(C)C)c(OC)cc1C. The molecule has 0 bridgehead atoms. The van der Waals surface area contributed by atoms with Crippen molar-refractivity contribution in [3.05, 3.63) is 53.1 Å². The van der Waals surface area contributed by atoms with Gasteiger partial charge in [0.05, 0.1) is 25.1 Å². The second-order valence-corrected chi connectivity index (χ2v) is 10.6. The quantitative estimate of drug-likeness (QED) is 0.543. The molecule has 0 aliphatic carbocycles. The third kappa shape index (κ3) is 6.63. The number of nitrogens with one attached hydrogen (secondary N) is 1. The van der Waals surface area contributed by atoms with Crippen LogP contribution in [-0.2, 0) is 14.8 Å². The van der Waals surface area contributed by atoms with E-state index >= 15 is 0 Å². The first-order valence-electron chi connectivity index (χ1n) is 11.1. The van der Waals surface area contributed by atoms with Crippen LogP contribution >= 0.6 is 0 Å². The predicted octanol–water partition coefficient (Wildman–Crippen LogP) is 4.56. The first-order chi connectivity index (χ1) is 15.4. The van der Waals surface area contributed by atoms with Crippen LogP contribution in [0.2, 0.25) is 0 Å². The minimum absolute atomic E-state index is 0.204. The third-order valence-electron chi connectivity index (χ3n) is 5.71. The van der Waals surface area contributed by atoms with Crippen molar-refractivity contribution < 1.29 is 22.7 Å². The van der Waals surface area contributed by atoms with E-state index in [1.165, 1.54) is 11.4 Å². The number of ether oxygens (including phenoxy) is 2. The van der Waals surface area contributed by atoms with Crippen LogP contribution in [0.5, 0.6) is 11.5 Å². The highest BCUT2D eigenvalue weighted by atomic mass is 32.2. The van der Waals surface area contributed by atoms with E-state index in [0.29, 0.717) is 23.8 Å². The zero-order valence-corrected chi connectivity index (χ0v) is 21.6. The molecule has 1 N–H and O–H groups in total. The van der Waals surface area contributed by atoms with E-state index in [9.17, 15) is 13.2 Å². The first-order valence-corrected chi connectivity index (χ1v) is 12.9. The first kappa shape index (κ1) is 26.5. The minimum atomic E-state index is -3.35. The predicted molar refractivity (Wildman–Crippen MR) is 133 cm³/mol. The molecule has 33 heavy (non-hydrogen) atoms. The fourth-order valence-corrected chi connectivity index (χ4v) is 4.11. The number of benzene rings is 2. The Hall–Kier alpha value is -2.74. The average Bonchev–Trinajstić information content (AvgIpc) is 2.75. The molecule has 0 aliphatic rings. The summed E-state index contributed by atoms with van der Waals surface area (Å²) in [6.45, 7) is 10.1. The number of rotatable bonds is 10. The number of carbonyl (C=O) groups excluding carboxylic acids is 1. The summed E-state index contributed by atoms with van der Waals surface area (Å²) in [5.41, 5.74) is 3.70. The molecule has 0 saturated heterocycles. The summed E-state index contributed by atoms with van der Waals surface area (Å²) < 4.78 is 36.0. The summed E-state index contributed by atoms with van der Waals surface area (Å²) >= 11 is 0. The third-order valence-corrected chi connectivity index (χ3v) is 6.91. The lowest BCUT2D eigenvalue weighted by molar-refractivity contribution is -0.128. The molecule has 0 unspecified atom stereocenters. The number of hydrogen-bond acceptors (Lipinski definition) is 5. The highest BCUT2D eigenvalue weighted by Crippen LogP contribution is 2.32. The Morgan fingerprint density at radius 1 is 1.09 bits per heavy atom. The molecule has 0 aliphatic heterocycles. The van der Waals surface area contributed by atoms with E-state index in [0.717, 1.165) is 28.7 Å². The molecule has 1 amide bonds. The lowest BCUT2D eigenvalue weighted by Gasteiger charge is -2.24.